The Morgan fingerprint density at radius 1 is 1.75 bits per heavy atom. The molecule has 22 valence electrons. The molecular formula is H3CaClGeO. The van der Waals surface area contributed by atoms with Crippen LogP contribution in [0.5, 0.6) is 0 Å². The monoisotopic (exact) mass is 168 g/mol. The predicted molar refractivity (Wildman–Crippen MR) is 22.2 cm³/mol. The van der Waals surface area contributed by atoms with Crippen molar-refractivity contribution < 1.29 is 3.78 Å². The standard InChI is InChI=1S/Ca.ClGeHO.2H/c;1-2-3;;/h;2H;;. The van der Waals surface area contributed by atoms with E-state index in [9.17, 15) is 0 Å². The van der Waals surface area contributed by atoms with Crippen molar-refractivity contribution in [2.45, 2.75) is 0 Å². The van der Waals surface area contributed by atoms with Crippen LogP contribution in [0.3, 0.4) is 0 Å². The van der Waals surface area contributed by atoms with E-state index >= 15 is 0 Å². The first kappa shape index (κ1) is 9.31. The van der Waals surface area contributed by atoms with Gasteiger partial charge in [0.05, 0.1) is 0 Å². The van der Waals surface area contributed by atoms with E-state index in [1.54, 1.807) is 0 Å². The summed E-state index contributed by atoms with van der Waals surface area (Å²) in [5, 5.41) is 0. The van der Waals surface area contributed by atoms with Crippen molar-refractivity contribution in [1.29, 1.82) is 0 Å². The molecule has 0 aliphatic carbocycles. The van der Waals surface area contributed by atoms with E-state index in [0.717, 1.165) is 0 Å². The molecule has 0 fully saturated rings. The fraction of sp³-hybridized carbons (Fsp3) is 0. The van der Waals surface area contributed by atoms with E-state index in [0.29, 0.717) is 0 Å². The second-order valence-corrected chi connectivity index (χ2v) is 1.39. The quantitative estimate of drug-likeness (QED) is 0.423. The minimum atomic E-state index is -1.47. The van der Waals surface area contributed by atoms with Crippen LogP contribution in [0, 0.1) is 0 Å². The number of hydrogen-bond acceptors (Lipinski definition) is 1. The SMILES string of the molecule is [CaH2].[O]=[GeH][Cl]. The number of rotatable bonds is 0. The molecule has 0 aliphatic heterocycles. The molecule has 0 radical (unpaired) electrons. The maximum atomic E-state index is 8.85. The average molecular weight is 167 g/mol. The van der Waals surface area contributed by atoms with Gasteiger partial charge in [0.15, 0.2) is 0 Å². The molecule has 0 saturated carbocycles. The average Bonchev–Trinajstić information content (AvgIpc) is 0.918. The van der Waals surface area contributed by atoms with E-state index in [1.807, 2.05) is 0 Å². The molecule has 0 bridgehead atoms. The first-order valence-electron chi connectivity index (χ1n) is 0.454. The van der Waals surface area contributed by atoms with Crippen LogP contribution >= 0.6 is 10.0 Å². The van der Waals surface area contributed by atoms with E-state index in [2.05, 4.69) is 10.0 Å². The number of halogens is 1. The Balaban J connectivity index is 0. The summed E-state index contributed by atoms with van der Waals surface area (Å²) in [7, 11) is 4.60. The van der Waals surface area contributed by atoms with Gasteiger partial charge in [0.2, 0.25) is 0 Å². The molecule has 4 heteroatoms. The molecule has 0 amide bonds. The molecule has 0 aromatic rings. The zero-order valence-electron chi connectivity index (χ0n) is 1.36. The third kappa shape index (κ3) is 9.09. The maximum absolute atomic E-state index is 8.85. The van der Waals surface area contributed by atoms with Crippen LogP contribution in [-0.4, -0.2) is 52.2 Å². The molecular weight excluding hydrogens is 164 g/mol. The summed E-state index contributed by atoms with van der Waals surface area (Å²) in [6.45, 7) is 0. The van der Waals surface area contributed by atoms with Crippen LogP contribution in [0.25, 0.3) is 0 Å². The van der Waals surface area contributed by atoms with Gasteiger partial charge in [-0.25, -0.2) is 0 Å². The van der Waals surface area contributed by atoms with Crippen molar-refractivity contribution >= 4 is 62.2 Å². The van der Waals surface area contributed by atoms with Gasteiger partial charge in [-0.3, -0.25) is 0 Å². The van der Waals surface area contributed by atoms with Gasteiger partial charge in [-0.15, -0.1) is 0 Å². The first-order valence-corrected chi connectivity index (χ1v) is 4.63. The fourth-order valence-corrected chi connectivity index (χ4v) is 0. The van der Waals surface area contributed by atoms with Gasteiger partial charge >= 0.3 is 66.0 Å². The van der Waals surface area contributed by atoms with Crippen LogP contribution in [-0.2, 0) is 3.78 Å². The number of hydrogen-bond donors (Lipinski definition) is 0. The Bertz CT molecular complexity index is 15.5. The normalized spacial score (nSPS) is 3.25. The van der Waals surface area contributed by atoms with E-state index in [-0.39, 0.29) is 37.7 Å². The van der Waals surface area contributed by atoms with Gasteiger partial charge in [0.25, 0.3) is 0 Å². The molecule has 4 heavy (non-hydrogen) atoms. The fourth-order valence-electron chi connectivity index (χ4n) is 0. The summed E-state index contributed by atoms with van der Waals surface area (Å²) >= 11 is -1.47. The zero-order chi connectivity index (χ0) is 2.71. The van der Waals surface area contributed by atoms with E-state index < -0.39 is 14.4 Å². The Morgan fingerprint density at radius 3 is 1.75 bits per heavy atom. The van der Waals surface area contributed by atoms with Crippen LogP contribution in [0.15, 0.2) is 0 Å². The molecule has 0 aromatic heterocycles. The molecule has 0 rings (SSSR count). The topological polar surface area (TPSA) is 17.1 Å². The molecule has 0 aliphatic rings. The molecule has 0 atom stereocenters. The third-order valence-corrected chi connectivity index (χ3v) is 0. The van der Waals surface area contributed by atoms with Crippen molar-refractivity contribution in [3.63, 3.8) is 0 Å². The third-order valence-electron chi connectivity index (χ3n) is 0. The molecule has 0 saturated heterocycles. The van der Waals surface area contributed by atoms with Gasteiger partial charge in [-0.1, -0.05) is 0 Å². The Hall–Kier alpha value is 1.89. The zero-order valence-corrected chi connectivity index (χ0v) is 4.54. The Labute approximate surface area is 65.0 Å². The summed E-state index contributed by atoms with van der Waals surface area (Å²) in [6, 6.07) is 0. The Morgan fingerprint density at radius 2 is 1.75 bits per heavy atom. The molecule has 1 nitrogen and oxygen atoms in total. The van der Waals surface area contributed by atoms with E-state index in [4.69, 9.17) is 3.78 Å². The second kappa shape index (κ2) is 8.86. The van der Waals surface area contributed by atoms with Crippen molar-refractivity contribution in [2.75, 3.05) is 0 Å². The van der Waals surface area contributed by atoms with Gasteiger partial charge in [0, 0.05) is 0 Å². The summed E-state index contributed by atoms with van der Waals surface area (Å²) in [4.78, 5) is 0. The van der Waals surface area contributed by atoms with Crippen molar-refractivity contribution in [3.8, 4) is 0 Å². The van der Waals surface area contributed by atoms with Gasteiger partial charge in [0.1, 0.15) is 0 Å². The van der Waals surface area contributed by atoms with Crippen LogP contribution < -0.4 is 0 Å². The molecule has 0 spiro atoms. The van der Waals surface area contributed by atoms with E-state index in [1.165, 1.54) is 0 Å². The van der Waals surface area contributed by atoms with Crippen molar-refractivity contribution in [2.24, 2.45) is 0 Å². The minimum absolute atomic E-state index is 0. The summed E-state index contributed by atoms with van der Waals surface area (Å²) in [5.41, 5.74) is 0. The second-order valence-electron chi connectivity index (χ2n) is 0.0891. The Kier molecular flexibility index (Phi) is 20.6. The van der Waals surface area contributed by atoms with Crippen molar-refractivity contribution in [1.82, 2.24) is 0 Å². The van der Waals surface area contributed by atoms with Crippen molar-refractivity contribution in [3.05, 3.63) is 0 Å². The molecule has 0 unspecified atom stereocenters. The molecule has 0 N–H and O–H groups in total. The molecule has 0 heterocycles. The van der Waals surface area contributed by atoms with Crippen LogP contribution in [0.2, 0.25) is 0 Å². The summed E-state index contributed by atoms with van der Waals surface area (Å²) in [6.07, 6.45) is 0. The van der Waals surface area contributed by atoms with Crippen LogP contribution in [0.1, 0.15) is 0 Å². The first-order chi connectivity index (χ1) is 1.41. The van der Waals surface area contributed by atoms with Gasteiger partial charge in [-0.2, -0.15) is 0 Å². The molecule has 0 aromatic carbocycles. The van der Waals surface area contributed by atoms with Gasteiger partial charge < -0.3 is 0 Å². The summed E-state index contributed by atoms with van der Waals surface area (Å²) in [5.74, 6) is 0. The summed E-state index contributed by atoms with van der Waals surface area (Å²) < 4.78 is 8.85. The van der Waals surface area contributed by atoms with Crippen LogP contribution in [0.4, 0.5) is 0 Å². The predicted octanol–water partition coefficient (Wildman–Crippen LogP) is -0.994. The van der Waals surface area contributed by atoms with Gasteiger partial charge in [-0.05, 0) is 0 Å².